The molecule has 6 nitrogen and oxygen atoms in total. The molecule has 1 heterocycles. The van der Waals surface area contributed by atoms with Crippen molar-refractivity contribution in [3.63, 3.8) is 0 Å². The average Bonchev–Trinajstić information content (AvgIpc) is 3.18. The van der Waals surface area contributed by atoms with E-state index in [2.05, 4.69) is 15.5 Å². The molecule has 0 bridgehead atoms. The average molecular weight is 431 g/mol. The lowest BCUT2D eigenvalue weighted by Crippen LogP contribution is -2.19. The number of hydrogen-bond acceptors (Lipinski definition) is 5. The van der Waals surface area contributed by atoms with Crippen molar-refractivity contribution in [1.82, 2.24) is 14.8 Å². The van der Waals surface area contributed by atoms with Crippen molar-refractivity contribution in [2.75, 3.05) is 12.4 Å². The number of aromatic nitrogens is 3. The fourth-order valence-electron chi connectivity index (χ4n) is 3.17. The molecule has 0 aliphatic rings. The molecule has 4 rings (SSSR count). The maximum Gasteiger partial charge on any atom is 0.242 e. The standard InChI is InChI=1S/C24H22N4O2S/c1-28-22(18-12-7-4-8-13-18)26-27-24(28)31-21(17-10-5-3-6-11-17)23(29)25-19-14-9-15-20(16-19)30-2/h3-16,21H,1-2H3,(H,25,29)/t21-/m1/s1. The van der Waals surface area contributed by atoms with Crippen LogP contribution in [0.1, 0.15) is 10.8 Å². The third-order valence-corrected chi connectivity index (χ3v) is 6.06. The van der Waals surface area contributed by atoms with Gasteiger partial charge in [0.2, 0.25) is 5.91 Å². The summed E-state index contributed by atoms with van der Waals surface area (Å²) in [5, 5.41) is 11.8. The van der Waals surface area contributed by atoms with Crippen LogP contribution < -0.4 is 10.1 Å². The number of amides is 1. The number of carbonyl (C=O) groups is 1. The predicted molar refractivity (Wildman–Crippen MR) is 123 cm³/mol. The van der Waals surface area contributed by atoms with Crippen LogP contribution >= 0.6 is 11.8 Å². The highest BCUT2D eigenvalue weighted by atomic mass is 32.2. The zero-order valence-electron chi connectivity index (χ0n) is 17.2. The summed E-state index contributed by atoms with van der Waals surface area (Å²) in [4.78, 5) is 13.3. The molecule has 0 aliphatic carbocycles. The number of nitrogens with zero attached hydrogens (tertiary/aromatic N) is 3. The van der Waals surface area contributed by atoms with Gasteiger partial charge in [-0.2, -0.15) is 0 Å². The molecule has 0 aliphatic heterocycles. The molecule has 0 saturated carbocycles. The summed E-state index contributed by atoms with van der Waals surface area (Å²) in [6.07, 6.45) is 0. The van der Waals surface area contributed by atoms with Gasteiger partial charge >= 0.3 is 0 Å². The molecule has 4 aromatic rings. The first-order valence-electron chi connectivity index (χ1n) is 9.77. The summed E-state index contributed by atoms with van der Waals surface area (Å²) in [6.45, 7) is 0. The molecule has 31 heavy (non-hydrogen) atoms. The van der Waals surface area contributed by atoms with Crippen LogP contribution in [0, 0.1) is 0 Å². The second-order valence-electron chi connectivity index (χ2n) is 6.86. The van der Waals surface area contributed by atoms with E-state index >= 15 is 0 Å². The van der Waals surface area contributed by atoms with E-state index in [9.17, 15) is 4.79 Å². The minimum atomic E-state index is -0.501. The topological polar surface area (TPSA) is 69.0 Å². The van der Waals surface area contributed by atoms with Gasteiger partial charge in [0.25, 0.3) is 0 Å². The summed E-state index contributed by atoms with van der Waals surface area (Å²) in [7, 11) is 3.51. The second kappa shape index (κ2) is 9.49. The SMILES string of the molecule is COc1cccc(NC(=O)[C@H](Sc2nnc(-c3ccccc3)n2C)c2ccccc2)c1. The lowest BCUT2D eigenvalue weighted by atomic mass is 10.1. The molecule has 1 amide bonds. The van der Waals surface area contributed by atoms with Crippen LogP contribution in [0.15, 0.2) is 90.1 Å². The van der Waals surface area contributed by atoms with E-state index in [-0.39, 0.29) is 5.91 Å². The second-order valence-corrected chi connectivity index (χ2v) is 7.93. The van der Waals surface area contributed by atoms with Crippen LogP contribution in [0.25, 0.3) is 11.4 Å². The molecule has 3 aromatic carbocycles. The normalized spacial score (nSPS) is 11.7. The first kappa shape index (κ1) is 20.7. The monoisotopic (exact) mass is 430 g/mol. The van der Waals surface area contributed by atoms with E-state index in [1.807, 2.05) is 90.5 Å². The van der Waals surface area contributed by atoms with Gasteiger partial charge in [-0.25, -0.2) is 0 Å². The van der Waals surface area contributed by atoms with Crippen molar-refractivity contribution in [1.29, 1.82) is 0 Å². The zero-order valence-corrected chi connectivity index (χ0v) is 18.0. The van der Waals surface area contributed by atoms with Gasteiger partial charge in [0, 0.05) is 24.4 Å². The number of thioether (sulfide) groups is 1. The first-order valence-corrected chi connectivity index (χ1v) is 10.6. The molecule has 1 atom stereocenters. The highest BCUT2D eigenvalue weighted by Crippen LogP contribution is 2.36. The van der Waals surface area contributed by atoms with Gasteiger partial charge in [-0.05, 0) is 17.7 Å². The predicted octanol–water partition coefficient (Wildman–Crippen LogP) is 4.96. The quantitative estimate of drug-likeness (QED) is 0.420. The number of carbonyl (C=O) groups excluding carboxylic acids is 1. The van der Waals surface area contributed by atoms with Crippen LogP contribution in [0.5, 0.6) is 5.75 Å². The Hall–Kier alpha value is -3.58. The lowest BCUT2D eigenvalue weighted by molar-refractivity contribution is -0.115. The van der Waals surface area contributed by atoms with Crippen molar-refractivity contribution < 1.29 is 9.53 Å². The van der Waals surface area contributed by atoms with Crippen LogP contribution in [0.4, 0.5) is 5.69 Å². The molecule has 0 fully saturated rings. The van der Waals surface area contributed by atoms with E-state index in [1.54, 1.807) is 13.2 Å². The summed E-state index contributed by atoms with van der Waals surface area (Å²) in [5.41, 5.74) is 2.53. The molecule has 0 radical (unpaired) electrons. The summed E-state index contributed by atoms with van der Waals surface area (Å²) in [5.74, 6) is 1.29. The molecule has 0 unspecified atom stereocenters. The van der Waals surface area contributed by atoms with Crippen molar-refractivity contribution in [2.45, 2.75) is 10.4 Å². The van der Waals surface area contributed by atoms with Gasteiger partial charge in [0.1, 0.15) is 11.0 Å². The number of rotatable bonds is 7. The number of benzene rings is 3. The fraction of sp³-hybridized carbons (Fsp3) is 0.125. The third-order valence-electron chi connectivity index (χ3n) is 4.77. The number of methoxy groups -OCH3 is 1. The molecule has 7 heteroatoms. The van der Waals surface area contributed by atoms with Gasteiger partial charge in [-0.15, -0.1) is 10.2 Å². The Kier molecular flexibility index (Phi) is 6.33. The van der Waals surface area contributed by atoms with Gasteiger partial charge in [-0.3, -0.25) is 4.79 Å². The molecule has 156 valence electrons. The fourth-order valence-corrected chi connectivity index (χ4v) is 4.17. The Labute approximate surface area is 185 Å². The number of nitrogens with one attached hydrogen (secondary N) is 1. The largest absolute Gasteiger partial charge is 0.497 e. The van der Waals surface area contributed by atoms with Gasteiger partial charge in [0.05, 0.1) is 7.11 Å². The maximum atomic E-state index is 13.3. The smallest absolute Gasteiger partial charge is 0.242 e. The summed E-state index contributed by atoms with van der Waals surface area (Å²) in [6, 6.07) is 26.8. The summed E-state index contributed by atoms with van der Waals surface area (Å²) < 4.78 is 7.17. The van der Waals surface area contributed by atoms with Gasteiger partial charge in [-0.1, -0.05) is 78.5 Å². The summed E-state index contributed by atoms with van der Waals surface area (Å²) >= 11 is 1.37. The molecule has 0 saturated heterocycles. The van der Waals surface area contributed by atoms with E-state index < -0.39 is 5.25 Å². The van der Waals surface area contributed by atoms with Crippen molar-refractivity contribution >= 4 is 23.4 Å². The van der Waals surface area contributed by atoms with Crippen LogP contribution in [0.3, 0.4) is 0 Å². The van der Waals surface area contributed by atoms with Crippen molar-refractivity contribution in [3.8, 4) is 17.1 Å². The first-order chi connectivity index (χ1) is 15.2. The minimum Gasteiger partial charge on any atom is -0.497 e. The zero-order chi connectivity index (χ0) is 21.6. The number of anilines is 1. The van der Waals surface area contributed by atoms with E-state index in [0.717, 1.165) is 17.0 Å². The molecular formula is C24H22N4O2S. The molecule has 0 spiro atoms. The molecular weight excluding hydrogens is 408 g/mol. The van der Waals surface area contributed by atoms with Crippen molar-refractivity contribution in [3.05, 3.63) is 90.5 Å². The van der Waals surface area contributed by atoms with E-state index in [1.165, 1.54) is 11.8 Å². The Bertz CT molecular complexity index is 1160. The molecule has 1 N–H and O–H groups in total. The van der Waals surface area contributed by atoms with Gasteiger partial charge < -0.3 is 14.6 Å². The number of hydrogen-bond donors (Lipinski definition) is 1. The Morgan fingerprint density at radius 2 is 1.68 bits per heavy atom. The van der Waals surface area contributed by atoms with Crippen LogP contribution in [-0.4, -0.2) is 27.8 Å². The highest BCUT2D eigenvalue weighted by Gasteiger charge is 2.25. The minimum absolute atomic E-state index is 0.145. The van der Waals surface area contributed by atoms with Crippen LogP contribution in [0.2, 0.25) is 0 Å². The van der Waals surface area contributed by atoms with Crippen molar-refractivity contribution in [2.24, 2.45) is 7.05 Å². The number of ether oxygens (including phenoxy) is 1. The lowest BCUT2D eigenvalue weighted by Gasteiger charge is -2.17. The van der Waals surface area contributed by atoms with E-state index in [0.29, 0.717) is 16.6 Å². The maximum absolute atomic E-state index is 13.3. The van der Waals surface area contributed by atoms with E-state index in [4.69, 9.17) is 4.74 Å². The molecule has 1 aromatic heterocycles. The Morgan fingerprint density at radius 3 is 2.39 bits per heavy atom. The Morgan fingerprint density at radius 1 is 0.968 bits per heavy atom. The van der Waals surface area contributed by atoms with Crippen LogP contribution in [-0.2, 0) is 11.8 Å². The highest BCUT2D eigenvalue weighted by molar-refractivity contribution is 8.00. The Balaban J connectivity index is 1.62. The third kappa shape index (κ3) is 4.78. The van der Waals surface area contributed by atoms with Gasteiger partial charge in [0.15, 0.2) is 11.0 Å².